The summed E-state index contributed by atoms with van der Waals surface area (Å²) in [5, 5.41) is 2.92. The molecule has 1 atom stereocenters. The molecule has 1 N–H and O–H groups in total. The van der Waals surface area contributed by atoms with Crippen LogP contribution < -0.4 is 5.32 Å². The number of amides is 2. The number of nitrogens with one attached hydrogen (secondary N) is 1. The van der Waals surface area contributed by atoms with Crippen molar-refractivity contribution < 1.29 is 9.59 Å². The molecule has 0 spiro atoms. The highest BCUT2D eigenvalue weighted by Gasteiger charge is 2.34. The molecule has 3 rings (SSSR count). The summed E-state index contributed by atoms with van der Waals surface area (Å²) in [4.78, 5) is 34.3. The van der Waals surface area contributed by atoms with Gasteiger partial charge in [0.25, 0.3) is 0 Å². The molecule has 1 aliphatic rings. The standard InChI is InChI=1S/C18H20N4O2/c23-17-10-15(12-22(17)13-16-5-1-2-8-20-16)18(24)21-9-6-14-4-3-7-19-11-14/h1-5,7-8,11,15H,6,9-10,12-13H2,(H,21,24)/t15-/m0/s1. The van der Waals surface area contributed by atoms with Crippen molar-refractivity contribution in [2.24, 2.45) is 5.92 Å². The molecule has 0 bridgehead atoms. The van der Waals surface area contributed by atoms with E-state index in [1.807, 2.05) is 30.3 Å². The highest BCUT2D eigenvalue weighted by molar-refractivity contribution is 5.89. The average molecular weight is 324 g/mol. The van der Waals surface area contributed by atoms with Gasteiger partial charge in [-0.1, -0.05) is 12.1 Å². The van der Waals surface area contributed by atoms with E-state index in [1.54, 1.807) is 23.5 Å². The zero-order valence-corrected chi connectivity index (χ0v) is 13.4. The summed E-state index contributed by atoms with van der Waals surface area (Å²) in [6.07, 6.45) is 6.23. The molecule has 2 aromatic heterocycles. The van der Waals surface area contributed by atoms with Crippen LogP contribution in [0, 0.1) is 5.92 Å². The molecular formula is C18H20N4O2. The Kier molecular flexibility index (Phi) is 5.15. The van der Waals surface area contributed by atoms with Gasteiger partial charge in [0.05, 0.1) is 18.2 Å². The van der Waals surface area contributed by atoms with Crippen LogP contribution in [0.5, 0.6) is 0 Å². The van der Waals surface area contributed by atoms with E-state index in [-0.39, 0.29) is 24.2 Å². The maximum Gasteiger partial charge on any atom is 0.225 e. The molecule has 24 heavy (non-hydrogen) atoms. The smallest absolute Gasteiger partial charge is 0.225 e. The molecule has 1 aliphatic heterocycles. The summed E-state index contributed by atoms with van der Waals surface area (Å²) in [7, 11) is 0. The van der Waals surface area contributed by atoms with E-state index in [9.17, 15) is 9.59 Å². The second-order valence-electron chi connectivity index (χ2n) is 5.90. The van der Waals surface area contributed by atoms with Crippen LogP contribution in [0.25, 0.3) is 0 Å². The first-order valence-electron chi connectivity index (χ1n) is 8.06. The quantitative estimate of drug-likeness (QED) is 0.866. The predicted octanol–water partition coefficient (Wildman–Crippen LogP) is 1.18. The summed E-state index contributed by atoms with van der Waals surface area (Å²) in [5.74, 6) is -0.334. The number of rotatable bonds is 6. The van der Waals surface area contributed by atoms with Crippen molar-refractivity contribution in [3.8, 4) is 0 Å². The lowest BCUT2D eigenvalue weighted by Crippen LogP contribution is -2.34. The number of hydrogen-bond acceptors (Lipinski definition) is 4. The van der Waals surface area contributed by atoms with Gasteiger partial charge in [0.2, 0.25) is 11.8 Å². The number of carbonyl (C=O) groups excluding carboxylic acids is 2. The van der Waals surface area contributed by atoms with Crippen molar-refractivity contribution in [2.75, 3.05) is 13.1 Å². The second kappa shape index (κ2) is 7.68. The molecule has 0 aliphatic carbocycles. The van der Waals surface area contributed by atoms with E-state index >= 15 is 0 Å². The van der Waals surface area contributed by atoms with Crippen molar-refractivity contribution in [1.82, 2.24) is 20.2 Å². The molecular weight excluding hydrogens is 304 g/mol. The lowest BCUT2D eigenvalue weighted by atomic mass is 10.1. The second-order valence-corrected chi connectivity index (χ2v) is 5.90. The SMILES string of the molecule is O=C(NCCc1cccnc1)[C@H]1CC(=O)N(Cc2ccccn2)C1. The van der Waals surface area contributed by atoms with E-state index < -0.39 is 0 Å². The maximum absolute atomic E-state index is 12.3. The molecule has 0 aromatic carbocycles. The molecule has 124 valence electrons. The first-order valence-corrected chi connectivity index (χ1v) is 8.06. The largest absolute Gasteiger partial charge is 0.355 e. The van der Waals surface area contributed by atoms with Gasteiger partial charge in [-0.15, -0.1) is 0 Å². The van der Waals surface area contributed by atoms with Crippen LogP contribution >= 0.6 is 0 Å². The number of nitrogens with zero attached hydrogens (tertiary/aromatic N) is 3. The van der Waals surface area contributed by atoms with Gasteiger partial charge in [0.15, 0.2) is 0 Å². The van der Waals surface area contributed by atoms with Gasteiger partial charge in [-0.25, -0.2) is 0 Å². The number of pyridine rings is 2. The maximum atomic E-state index is 12.3. The fourth-order valence-electron chi connectivity index (χ4n) is 2.81. The fourth-order valence-corrected chi connectivity index (χ4v) is 2.81. The van der Waals surface area contributed by atoms with Crippen molar-refractivity contribution in [3.63, 3.8) is 0 Å². The number of carbonyl (C=O) groups is 2. The minimum Gasteiger partial charge on any atom is -0.355 e. The molecule has 1 saturated heterocycles. The van der Waals surface area contributed by atoms with Crippen LogP contribution in [-0.2, 0) is 22.6 Å². The lowest BCUT2D eigenvalue weighted by molar-refractivity contribution is -0.129. The van der Waals surface area contributed by atoms with Crippen molar-refractivity contribution in [1.29, 1.82) is 0 Å². The van der Waals surface area contributed by atoms with Gasteiger partial charge in [0, 0.05) is 38.1 Å². The van der Waals surface area contributed by atoms with Gasteiger partial charge in [0.1, 0.15) is 0 Å². The van der Waals surface area contributed by atoms with E-state index in [2.05, 4.69) is 15.3 Å². The Balaban J connectivity index is 1.47. The van der Waals surface area contributed by atoms with E-state index in [1.165, 1.54) is 0 Å². The Hall–Kier alpha value is -2.76. The number of likely N-dealkylation sites (tertiary alicyclic amines) is 1. The first-order chi connectivity index (χ1) is 11.7. The van der Waals surface area contributed by atoms with Crippen LogP contribution in [0.4, 0.5) is 0 Å². The van der Waals surface area contributed by atoms with Crippen LogP contribution in [0.2, 0.25) is 0 Å². The van der Waals surface area contributed by atoms with Crippen LogP contribution in [0.1, 0.15) is 17.7 Å². The molecule has 6 nitrogen and oxygen atoms in total. The third-order valence-electron chi connectivity index (χ3n) is 4.10. The fraction of sp³-hybridized carbons (Fsp3) is 0.333. The zero-order chi connectivity index (χ0) is 16.8. The van der Waals surface area contributed by atoms with Gasteiger partial charge in [-0.2, -0.15) is 0 Å². The van der Waals surface area contributed by atoms with Crippen molar-refractivity contribution >= 4 is 11.8 Å². The number of hydrogen-bond donors (Lipinski definition) is 1. The highest BCUT2D eigenvalue weighted by Crippen LogP contribution is 2.19. The van der Waals surface area contributed by atoms with Crippen molar-refractivity contribution in [3.05, 3.63) is 60.2 Å². The lowest BCUT2D eigenvalue weighted by Gasteiger charge is -2.16. The van der Waals surface area contributed by atoms with Gasteiger partial charge >= 0.3 is 0 Å². The molecule has 2 aromatic rings. The first kappa shape index (κ1) is 16.1. The Morgan fingerprint density at radius 1 is 1.25 bits per heavy atom. The molecule has 0 unspecified atom stereocenters. The molecule has 1 fully saturated rings. The monoisotopic (exact) mass is 324 g/mol. The van der Waals surface area contributed by atoms with Crippen LogP contribution in [0.3, 0.4) is 0 Å². The molecule has 2 amide bonds. The Labute approximate surface area is 140 Å². The highest BCUT2D eigenvalue weighted by atomic mass is 16.2. The summed E-state index contributed by atoms with van der Waals surface area (Å²) in [6, 6.07) is 9.48. The molecule has 0 radical (unpaired) electrons. The third kappa shape index (κ3) is 4.16. The number of aromatic nitrogens is 2. The summed E-state index contributed by atoms with van der Waals surface area (Å²) < 4.78 is 0. The van der Waals surface area contributed by atoms with E-state index in [0.29, 0.717) is 19.6 Å². The predicted molar refractivity (Wildman–Crippen MR) is 88.7 cm³/mol. The van der Waals surface area contributed by atoms with Gasteiger partial charge < -0.3 is 10.2 Å². The topological polar surface area (TPSA) is 75.2 Å². The van der Waals surface area contributed by atoms with Crippen LogP contribution in [0.15, 0.2) is 48.9 Å². The molecule has 0 saturated carbocycles. The van der Waals surface area contributed by atoms with E-state index in [4.69, 9.17) is 0 Å². The minimum absolute atomic E-state index is 0.00747. The minimum atomic E-state index is -0.282. The molecule has 3 heterocycles. The summed E-state index contributed by atoms with van der Waals surface area (Å²) in [6.45, 7) is 1.46. The van der Waals surface area contributed by atoms with Gasteiger partial charge in [-0.3, -0.25) is 19.6 Å². The average Bonchev–Trinajstić information content (AvgIpc) is 2.97. The zero-order valence-electron chi connectivity index (χ0n) is 13.4. The normalized spacial score (nSPS) is 17.1. The van der Waals surface area contributed by atoms with E-state index in [0.717, 1.165) is 17.7 Å². The van der Waals surface area contributed by atoms with Gasteiger partial charge in [-0.05, 0) is 30.2 Å². The van der Waals surface area contributed by atoms with Crippen molar-refractivity contribution in [2.45, 2.75) is 19.4 Å². The Bertz CT molecular complexity index is 691. The Morgan fingerprint density at radius 3 is 2.92 bits per heavy atom. The summed E-state index contributed by atoms with van der Waals surface area (Å²) in [5.41, 5.74) is 1.92. The Morgan fingerprint density at radius 2 is 2.17 bits per heavy atom. The molecule has 6 heteroatoms. The third-order valence-corrected chi connectivity index (χ3v) is 4.10. The van der Waals surface area contributed by atoms with Crippen LogP contribution in [-0.4, -0.2) is 39.8 Å². The summed E-state index contributed by atoms with van der Waals surface area (Å²) >= 11 is 0.